The highest BCUT2D eigenvalue weighted by Crippen LogP contribution is 2.35. The van der Waals surface area contributed by atoms with Crippen molar-refractivity contribution in [3.8, 4) is 5.75 Å². The van der Waals surface area contributed by atoms with Gasteiger partial charge < -0.3 is 14.5 Å². The van der Waals surface area contributed by atoms with Gasteiger partial charge in [-0.2, -0.15) is 0 Å². The number of halogens is 1. The van der Waals surface area contributed by atoms with Gasteiger partial charge in [0.1, 0.15) is 11.6 Å². The van der Waals surface area contributed by atoms with Crippen LogP contribution in [0.4, 0.5) is 4.39 Å². The molecule has 0 bridgehead atoms. The molecule has 2 amide bonds. The molecule has 2 fully saturated rings. The van der Waals surface area contributed by atoms with E-state index in [1.165, 1.54) is 11.6 Å². The van der Waals surface area contributed by atoms with Gasteiger partial charge in [-0.05, 0) is 49.2 Å². The Morgan fingerprint density at radius 3 is 2.32 bits per heavy atom. The summed E-state index contributed by atoms with van der Waals surface area (Å²) in [5, 5.41) is 0. The molecule has 2 aliphatic heterocycles. The lowest BCUT2D eigenvalue weighted by Gasteiger charge is -2.45. The molecule has 0 spiro atoms. The van der Waals surface area contributed by atoms with Crippen molar-refractivity contribution in [2.45, 2.75) is 32.2 Å². The highest BCUT2D eigenvalue weighted by atomic mass is 19.1. The number of benzene rings is 2. The van der Waals surface area contributed by atoms with Crippen molar-refractivity contribution in [3.05, 3.63) is 65.5 Å². The third kappa shape index (κ3) is 5.09. The fourth-order valence-electron chi connectivity index (χ4n) is 5.01. The number of likely N-dealkylation sites (tertiary alicyclic amines) is 1. The summed E-state index contributed by atoms with van der Waals surface area (Å²) in [6, 6.07) is 14.6. The van der Waals surface area contributed by atoms with Gasteiger partial charge in [0.2, 0.25) is 11.8 Å². The monoisotopic (exact) mass is 467 g/mol. The van der Waals surface area contributed by atoms with Crippen LogP contribution < -0.4 is 4.74 Å². The van der Waals surface area contributed by atoms with Crippen LogP contribution in [0.5, 0.6) is 5.75 Å². The molecule has 0 saturated carbocycles. The molecule has 0 aromatic heterocycles. The SMILES string of the molecule is COc1ccc(C2CN(C(=O)C3(C)CCN(C(=O)Cc4ccccc4F)CC3)CCN2C)cc1. The van der Waals surface area contributed by atoms with Crippen molar-refractivity contribution in [1.29, 1.82) is 0 Å². The zero-order chi connectivity index (χ0) is 24.3. The van der Waals surface area contributed by atoms with Crippen LogP contribution >= 0.6 is 0 Å². The second-order valence-electron chi connectivity index (χ2n) is 9.73. The lowest BCUT2D eigenvalue weighted by molar-refractivity contribution is -0.149. The number of amides is 2. The van der Waals surface area contributed by atoms with Crippen molar-refractivity contribution in [3.63, 3.8) is 0 Å². The standard InChI is InChI=1S/C27H34FN3O3/c1-27(12-14-30(15-13-27)25(32)18-21-6-4-5-7-23(21)28)26(33)31-17-16-29(2)24(19-31)20-8-10-22(34-3)11-9-20/h4-11,24H,12-19H2,1-3H3. The molecule has 6 nitrogen and oxygen atoms in total. The Morgan fingerprint density at radius 2 is 1.68 bits per heavy atom. The number of ether oxygens (including phenoxy) is 1. The second-order valence-corrected chi connectivity index (χ2v) is 9.73. The highest BCUT2D eigenvalue weighted by Gasteiger charge is 2.42. The van der Waals surface area contributed by atoms with Gasteiger partial charge in [0.15, 0.2) is 0 Å². The molecule has 2 saturated heterocycles. The summed E-state index contributed by atoms with van der Waals surface area (Å²) < 4.78 is 19.2. The van der Waals surface area contributed by atoms with Crippen LogP contribution in [0.15, 0.2) is 48.5 Å². The molecule has 1 atom stereocenters. The van der Waals surface area contributed by atoms with Crippen LogP contribution in [0.1, 0.15) is 36.9 Å². The Bertz CT molecular complexity index is 1020. The number of nitrogens with zero attached hydrogens (tertiary/aromatic N) is 3. The van der Waals surface area contributed by atoms with Gasteiger partial charge in [0.05, 0.1) is 19.6 Å². The van der Waals surface area contributed by atoms with E-state index in [1.807, 2.05) is 24.0 Å². The van der Waals surface area contributed by atoms with Gasteiger partial charge in [0, 0.05) is 38.1 Å². The third-order valence-electron chi connectivity index (χ3n) is 7.47. The number of hydrogen-bond acceptors (Lipinski definition) is 4. The summed E-state index contributed by atoms with van der Waals surface area (Å²) in [4.78, 5) is 32.4. The third-order valence-corrected chi connectivity index (χ3v) is 7.47. The minimum absolute atomic E-state index is 0.0549. The van der Waals surface area contributed by atoms with E-state index in [1.54, 1.807) is 30.2 Å². The van der Waals surface area contributed by atoms with E-state index in [-0.39, 0.29) is 30.1 Å². The minimum atomic E-state index is -0.491. The molecule has 2 aromatic carbocycles. The molecule has 4 rings (SSSR count). The number of carbonyl (C=O) groups is 2. The van der Waals surface area contributed by atoms with Crippen LogP contribution in [0.3, 0.4) is 0 Å². The molecule has 2 aliphatic rings. The molecule has 0 N–H and O–H groups in total. The van der Waals surface area contributed by atoms with Crippen LogP contribution in [0, 0.1) is 11.2 Å². The summed E-state index contributed by atoms with van der Waals surface area (Å²) in [7, 11) is 3.75. The first-order chi connectivity index (χ1) is 16.3. The Balaban J connectivity index is 1.37. The molecular formula is C27H34FN3O3. The Morgan fingerprint density at radius 1 is 1.00 bits per heavy atom. The normalized spacial score (nSPS) is 20.8. The van der Waals surface area contributed by atoms with E-state index in [4.69, 9.17) is 4.74 Å². The lowest BCUT2D eigenvalue weighted by Crippen LogP contribution is -2.55. The predicted molar refractivity (Wildman–Crippen MR) is 129 cm³/mol. The smallest absolute Gasteiger partial charge is 0.228 e. The van der Waals surface area contributed by atoms with Gasteiger partial charge in [-0.3, -0.25) is 14.5 Å². The largest absolute Gasteiger partial charge is 0.497 e. The van der Waals surface area contributed by atoms with E-state index in [9.17, 15) is 14.0 Å². The predicted octanol–water partition coefficient (Wildman–Crippen LogP) is 3.52. The van der Waals surface area contributed by atoms with Crippen molar-refractivity contribution in [2.24, 2.45) is 5.41 Å². The van der Waals surface area contributed by atoms with Gasteiger partial charge >= 0.3 is 0 Å². The van der Waals surface area contributed by atoms with E-state index in [0.717, 1.165) is 12.3 Å². The van der Waals surface area contributed by atoms with E-state index < -0.39 is 5.41 Å². The van der Waals surface area contributed by atoms with Crippen LogP contribution in [0.25, 0.3) is 0 Å². The van der Waals surface area contributed by atoms with Crippen LogP contribution in [-0.2, 0) is 16.0 Å². The number of carbonyl (C=O) groups excluding carboxylic acids is 2. The van der Waals surface area contributed by atoms with Crippen LogP contribution in [-0.4, -0.2) is 73.4 Å². The molecule has 34 heavy (non-hydrogen) atoms. The molecule has 0 aliphatic carbocycles. The maximum atomic E-state index is 13.9. The number of piperazine rings is 1. The molecule has 0 radical (unpaired) electrons. The van der Waals surface area contributed by atoms with Crippen molar-refractivity contribution in [2.75, 3.05) is 46.9 Å². The zero-order valence-electron chi connectivity index (χ0n) is 20.3. The minimum Gasteiger partial charge on any atom is -0.497 e. The molecule has 182 valence electrons. The number of hydrogen-bond donors (Lipinski definition) is 0. The first kappa shape index (κ1) is 24.2. The molecule has 1 unspecified atom stereocenters. The fraction of sp³-hybridized carbons (Fsp3) is 0.481. The Kier molecular flexibility index (Phi) is 7.22. The van der Waals surface area contributed by atoms with E-state index in [0.29, 0.717) is 44.6 Å². The molecular weight excluding hydrogens is 433 g/mol. The van der Waals surface area contributed by atoms with E-state index >= 15 is 0 Å². The van der Waals surface area contributed by atoms with Crippen molar-refractivity contribution >= 4 is 11.8 Å². The molecule has 2 heterocycles. The Labute approximate surface area is 201 Å². The van der Waals surface area contributed by atoms with Gasteiger partial charge in [0.25, 0.3) is 0 Å². The van der Waals surface area contributed by atoms with Gasteiger partial charge in [-0.25, -0.2) is 4.39 Å². The lowest BCUT2D eigenvalue weighted by atomic mass is 9.78. The highest BCUT2D eigenvalue weighted by molar-refractivity contribution is 5.84. The maximum absolute atomic E-state index is 13.9. The number of likely N-dealkylation sites (N-methyl/N-ethyl adjacent to an activating group) is 1. The fourth-order valence-corrected chi connectivity index (χ4v) is 5.01. The van der Waals surface area contributed by atoms with Gasteiger partial charge in [-0.1, -0.05) is 37.3 Å². The van der Waals surface area contributed by atoms with Crippen molar-refractivity contribution < 1.29 is 18.7 Å². The van der Waals surface area contributed by atoms with E-state index in [2.05, 4.69) is 24.1 Å². The second kappa shape index (κ2) is 10.1. The quantitative estimate of drug-likeness (QED) is 0.675. The summed E-state index contributed by atoms with van der Waals surface area (Å²) in [6.07, 6.45) is 1.29. The zero-order valence-corrected chi connectivity index (χ0v) is 20.3. The van der Waals surface area contributed by atoms with Gasteiger partial charge in [-0.15, -0.1) is 0 Å². The summed E-state index contributed by atoms with van der Waals surface area (Å²) in [5.41, 5.74) is 1.09. The number of rotatable bonds is 5. The summed E-state index contributed by atoms with van der Waals surface area (Å²) in [5.74, 6) is 0.549. The number of methoxy groups -OCH3 is 1. The molecule has 7 heteroatoms. The molecule has 2 aromatic rings. The number of piperidine rings is 1. The first-order valence-corrected chi connectivity index (χ1v) is 12.0. The van der Waals surface area contributed by atoms with Crippen LogP contribution in [0.2, 0.25) is 0 Å². The summed E-state index contributed by atoms with van der Waals surface area (Å²) in [6.45, 7) is 5.22. The average Bonchev–Trinajstić information content (AvgIpc) is 2.86. The first-order valence-electron chi connectivity index (χ1n) is 12.0. The average molecular weight is 468 g/mol. The Hall–Kier alpha value is -2.93. The topological polar surface area (TPSA) is 53.1 Å². The van der Waals surface area contributed by atoms with Crippen molar-refractivity contribution in [1.82, 2.24) is 14.7 Å². The maximum Gasteiger partial charge on any atom is 0.228 e. The summed E-state index contributed by atoms with van der Waals surface area (Å²) >= 11 is 0.